The van der Waals surface area contributed by atoms with Crippen molar-refractivity contribution in [3.8, 4) is 0 Å². The molecule has 0 radical (unpaired) electrons. The molecule has 0 atom stereocenters. The minimum absolute atomic E-state index is 0.927. The number of hydrogen-bond donors (Lipinski definition) is 2. The maximum absolute atomic E-state index is 4.38. The van der Waals surface area contributed by atoms with Crippen molar-refractivity contribution in [1.82, 2.24) is 5.43 Å². The summed E-state index contributed by atoms with van der Waals surface area (Å²) in [5.41, 5.74) is 6.83. The predicted molar refractivity (Wildman–Crippen MR) is 110 cm³/mol. The summed E-state index contributed by atoms with van der Waals surface area (Å²) in [4.78, 5) is 5.78. The zero-order chi connectivity index (χ0) is 18.0. The van der Waals surface area contributed by atoms with Crippen LogP contribution in [0, 0.1) is 0 Å². The second-order valence-corrected chi connectivity index (χ2v) is 6.68. The van der Waals surface area contributed by atoms with Crippen LogP contribution < -0.4 is 15.3 Å². The lowest BCUT2D eigenvalue weighted by Gasteiger charge is -2.23. The Labute approximate surface area is 156 Å². The van der Waals surface area contributed by atoms with E-state index >= 15 is 0 Å². The lowest BCUT2D eigenvalue weighted by atomic mass is 10.1. The molecular weight excluding hydrogens is 320 g/mol. The highest BCUT2D eigenvalue weighted by Crippen LogP contribution is 2.17. The van der Waals surface area contributed by atoms with Crippen molar-refractivity contribution < 1.29 is 4.99 Å². The van der Waals surface area contributed by atoms with E-state index in [-0.39, 0.29) is 0 Å². The van der Waals surface area contributed by atoms with Crippen LogP contribution in [0.3, 0.4) is 0 Å². The molecule has 0 saturated heterocycles. The van der Waals surface area contributed by atoms with Crippen LogP contribution in [0.1, 0.15) is 43.7 Å². The van der Waals surface area contributed by atoms with Crippen LogP contribution in [0.25, 0.3) is 0 Å². The molecule has 136 valence electrons. The Hall–Kier alpha value is -2.62. The van der Waals surface area contributed by atoms with Gasteiger partial charge in [0.15, 0.2) is 0 Å². The number of nitrogens with zero attached hydrogens (tertiary/aromatic N) is 2. The van der Waals surface area contributed by atoms with Gasteiger partial charge >= 0.3 is 0 Å². The molecule has 3 rings (SSSR count). The van der Waals surface area contributed by atoms with Crippen molar-refractivity contribution in [2.45, 2.75) is 39.2 Å². The zero-order valence-corrected chi connectivity index (χ0v) is 15.6. The normalized spacial score (nSPS) is 14.7. The second kappa shape index (κ2) is 9.76. The molecule has 0 amide bonds. The topological polar surface area (TPSA) is 41.6 Å². The Kier molecular flexibility index (Phi) is 6.82. The lowest BCUT2D eigenvalue weighted by Crippen LogP contribution is -2.75. The van der Waals surface area contributed by atoms with E-state index in [0.29, 0.717) is 0 Å². The third kappa shape index (κ3) is 5.45. The summed E-state index contributed by atoms with van der Waals surface area (Å²) in [5.74, 6) is 1.13. The highest BCUT2D eigenvalue weighted by molar-refractivity contribution is 5.83. The van der Waals surface area contributed by atoms with Crippen LogP contribution in [0.2, 0.25) is 0 Å². The van der Waals surface area contributed by atoms with Gasteiger partial charge in [0.2, 0.25) is 0 Å². The first-order chi connectivity index (χ1) is 12.8. The third-order valence-electron chi connectivity index (χ3n) is 4.71. The zero-order valence-electron chi connectivity index (χ0n) is 15.6. The summed E-state index contributed by atoms with van der Waals surface area (Å²) < 4.78 is 0. The molecule has 0 bridgehead atoms. The molecular formula is C22H29N4+. The smallest absolute Gasteiger partial charge is 0.267 e. The number of amidine groups is 1. The number of hydrogen-bond acceptors (Lipinski definition) is 3. The molecule has 0 aromatic heterocycles. The molecule has 0 unspecified atom stereocenters. The van der Waals surface area contributed by atoms with Gasteiger partial charge in [-0.1, -0.05) is 47.6 Å². The maximum atomic E-state index is 4.38. The molecule has 2 aromatic carbocycles. The molecule has 2 aromatic rings. The van der Waals surface area contributed by atoms with Crippen molar-refractivity contribution in [1.29, 1.82) is 0 Å². The van der Waals surface area contributed by atoms with E-state index in [0.717, 1.165) is 37.5 Å². The Balaban J connectivity index is 1.58. The number of anilines is 1. The van der Waals surface area contributed by atoms with E-state index in [1.807, 2.05) is 6.21 Å². The fraction of sp³-hybridized carbons (Fsp3) is 0.364. The second-order valence-electron chi connectivity index (χ2n) is 6.68. The highest BCUT2D eigenvalue weighted by atomic mass is 15.3. The molecule has 0 fully saturated rings. The predicted octanol–water partition coefficient (Wildman–Crippen LogP) is 2.69. The van der Waals surface area contributed by atoms with Gasteiger partial charge in [-0.2, -0.15) is 5.43 Å². The largest absolute Gasteiger partial charge is 0.367 e. The Morgan fingerprint density at radius 2 is 1.85 bits per heavy atom. The standard InChI is InChI=1S/C22H28N4/c1-2-26(18-20-9-5-3-6-10-20)21-14-12-19(13-15-21)17-24-25-22-11-7-4-8-16-23-22/h3,5-6,9-10,12-15,17H,2,4,7-8,11,16,18H2,1H3,(H,23,25)/p+1/b24-17-. The van der Waals surface area contributed by atoms with Gasteiger partial charge in [0, 0.05) is 18.8 Å². The van der Waals surface area contributed by atoms with Gasteiger partial charge in [0.1, 0.15) is 0 Å². The van der Waals surface area contributed by atoms with Gasteiger partial charge in [-0.25, -0.2) is 0 Å². The van der Waals surface area contributed by atoms with Gasteiger partial charge in [-0.3, -0.25) is 4.99 Å². The monoisotopic (exact) mass is 349 g/mol. The first-order valence-electron chi connectivity index (χ1n) is 9.63. The van der Waals surface area contributed by atoms with Crippen LogP contribution in [-0.4, -0.2) is 25.1 Å². The van der Waals surface area contributed by atoms with Gasteiger partial charge < -0.3 is 4.90 Å². The maximum Gasteiger partial charge on any atom is 0.267 e. The van der Waals surface area contributed by atoms with E-state index in [9.17, 15) is 0 Å². The summed E-state index contributed by atoms with van der Waals surface area (Å²) in [6, 6.07) is 19.2. The van der Waals surface area contributed by atoms with Crippen LogP contribution in [0.15, 0.2) is 59.7 Å². The summed E-state index contributed by atoms with van der Waals surface area (Å²) in [5, 5.41) is 4.38. The first kappa shape index (κ1) is 18.2. The quantitative estimate of drug-likeness (QED) is 0.622. The molecule has 4 heteroatoms. The number of rotatable bonds is 6. The molecule has 0 saturated carbocycles. The lowest BCUT2D eigenvalue weighted by molar-refractivity contribution is -0.459. The fourth-order valence-electron chi connectivity index (χ4n) is 3.17. The van der Waals surface area contributed by atoms with Gasteiger partial charge in [0.25, 0.3) is 5.84 Å². The van der Waals surface area contributed by atoms with E-state index in [1.54, 1.807) is 0 Å². The van der Waals surface area contributed by atoms with Crippen LogP contribution in [-0.2, 0) is 6.54 Å². The van der Waals surface area contributed by atoms with Gasteiger partial charge in [-0.05, 0) is 49.4 Å². The minimum atomic E-state index is 0.927. The Bertz CT molecular complexity index is 720. The van der Waals surface area contributed by atoms with Crippen LogP contribution in [0.4, 0.5) is 5.69 Å². The summed E-state index contributed by atoms with van der Waals surface area (Å²) >= 11 is 0. The molecule has 26 heavy (non-hydrogen) atoms. The highest BCUT2D eigenvalue weighted by Gasteiger charge is 2.08. The number of benzene rings is 2. The van der Waals surface area contributed by atoms with E-state index in [4.69, 9.17) is 0 Å². The summed E-state index contributed by atoms with van der Waals surface area (Å²) in [7, 11) is 0. The van der Waals surface area contributed by atoms with Crippen molar-refractivity contribution in [2.75, 3.05) is 18.0 Å². The van der Waals surface area contributed by atoms with Crippen LogP contribution >= 0.6 is 0 Å². The molecule has 1 aliphatic heterocycles. The Morgan fingerprint density at radius 1 is 1.04 bits per heavy atom. The fourth-order valence-corrected chi connectivity index (χ4v) is 3.17. The Morgan fingerprint density at radius 3 is 2.62 bits per heavy atom. The average Bonchev–Trinajstić information content (AvgIpc) is 2.96. The molecule has 4 nitrogen and oxygen atoms in total. The molecule has 1 aliphatic rings. The average molecular weight is 350 g/mol. The van der Waals surface area contributed by atoms with Crippen molar-refractivity contribution in [3.05, 3.63) is 65.7 Å². The SMILES string of the molecule is CCN(Cc1ccccc1)c1ccc(/C=N\NC2=[NH+]CCCCC2)cc1. The summed E-state index contributed by atoms with van der Waals surface area (Å²) in [6.07, 6.45) is 6.71. The van der Waals surface area contributed by atoms with E-state index in [2.05, 4.69) is 81.9 Å². The minimum Gasteiger partial charge on any atom is -0.367 e. The van der Waals surface area contributed by atoms with Crippen LogP contribution in [0.5, 0.6) is 0 Å². The van der Waals surface area contributed by atoms with Gasteiger partial charge in [0.05, 0.1) is 19.2 Å². The summed E-state index contributed by atoms with van der Waals surface area (Å²) in [6.45, 7) is 5.14. The molecule has 1 heterocycles. The van der Waals surface area contributed by atoms with Crippen molar-refractivity contribution in [2.24, 2.45) is 5.10 Å². The molecule has 0 aliphatic carbocycles. The van der Waals surface area contributed by atoms with Crippen molar-refractivity contribution >= 4 is 17.7 Å². The molecule has 0 spiro atoms. The van der Waals surface area contributed by atoms with E-state index in [1.165, 1.54) is 30.5 Å². The van der Waals surface area contributed by atoms with E-state index < -0.39 is 0 Å². The van der Waals surface area contributed by atoms with Crippen molar-refractivity contribution in [3.63, 3.8) is 0 Å². The third-order valence-corrected chi connectivity index (χ3v) is 4.71. The molecule has 2 N–H and O–H groups in total. The number of nitrogens with one attached hydrogen (secondary N) is 2. The number of hydrazone groups is 1. The van der Waals surface area contributed by atoms with Gasteiger partial charge in [-0.15, -0.1) is 0 Å². The first-order valence-corrected chi connectivity index (χ1v) is 9.63.